The van der Waals surface area contributed by atoms with Gasteiger partial charge in [0.2, 0.25) is 5.91 Å². The molecule has 0 radical (unpaired) electrons. The lowest BCUT2D eigenvalue weighted by atomic mass is 10.0. The van der Waals surface area contributed by atoms with Crippen LogP contribution in [0.15, 0.2) is 35.7 Å². The van der Waals surface area contributed by atoms with Crippen molar-refractivity contribution in [1.29, 1.82) is 0 Å². The van der Waals surface area contributed by atoms with Gasteiger partial charge in [0.15, 0.2) is 5.16 Å². The molecule has 6 heteroatoms. The molecule has 128 valence electrons. The van der Waals surface area contributed by atoms with E-state index in [1.807, 2.05) is 4.57 Å². The van der Waals surface area contributed by atoms with E-state index in [0.29, 0.717) is 11.7 Å². The number of nitrogens with one attached hydrogen (secondary N) is 1. The summed E-state index contributed by atoms with van der Waals surface area (Å²) < 4.78 is 1.98. The first-order valence-corrected chi connectivity index (χ1v) is 9.41. The van der Waals surface area contributed by atoms with Crippen LogP contribution < -0.4 is 5.32 Å². The van der Waals surface area contributed by atoms with Gasteiger partial charge in [-0.25, -0.2) is 0 Å². The summed E-state index contributed by atoms with van der Waals surface area (Å²) in [5.74, 6) is 0.984. The van der Waals surface area contributed by atoms with Gasteiger partial charge in [0.1, 0.15) is 6.33 Å². The minimum Gasteiger partial charge on any atom is -0.348 e. The maximum atomic E-state index is 12.4. The summed E-state index contributed by atoms with van der Waals surface area (Å²) in [6, 6.07) is 8.88. The molecule has 1 saturated carbocycles. The highest BCUT2D eigenvalue weighted by Gasteiger charge is 2.33. The molecule has 1 aromatic heterocycles. The van der Waals surface area contributed by atoms with Gasteiger partial charge >= 0.3 is 0 Å². The summed E-state index contributed by atoms with van der Waals surface area (Å²) in [5, 5.41) is 12.0. The Bertz CT molecular complexity index is 691. The van der Waals surface area contributed by atoms with Gasteiger partial charge in [-0.2, -0.15) is 0 Å². The van der Waals surface area contributed by atoms with E-state index in [2.05, 4.69) is 60.6 Å². The molecule has 1 fully saturated rings. The fourth-order valence-electron chi connectivity index (χ4n) is 2.71. The van der Waals surface area contributed by atoms with Gasteiger partial charge in [-0.1, -0.05) is 41.6 Å². The summed E-state index contributed by atoms with van der Waals surface area (Å²) in [6.07, 6.45) is 4.09. The van der Waals surface area contributed by atoms with Crippen molar-refractivity contribution in [3.05, 3.63) is 41.7 Å². The molecule has 1 heterocycles. The second-order valence-electron chi connectivity index (χ2n) is 6.70. The maximum absolute atomic E-state index is 12.4. The second-order valence-corrected chi connectivity index (χ2v) is 7.64. The lowest BCUT2D eigenvalue weighted by Crippen LogP contribution is -2.31. The number of carbonyl (C=O) groups is 1. The van der Waals surface area contributed by atoms with Crippen LogP contribution in [0.4, 0.5) is 0 Å². The first kappa shape index (κ1) is 17.0. The third kappa shape index (κ3) is 4.17. The minimum atomic E-state index is 0.0516. The molecule has 0 aliphatic heterocycles. The average molecular weight is 344 g/mol. The molecule has 1 aliphatic carbocycles. The van der Waals surface area contributed by atoms with Crippen molar-refractivity contribution in [2.24, 2.45) is 5.92 Å². The van der Waals surface area contributed by atoms with Crippen molar-refractivity contribution in [3.63, 3.8) is 0 Å². The largest absolute Gasteiger partial charge is 0.348 e. The third-order valence-electron chi connectivity index (χ3n) is 4.28. The number of hydrogen-bond donors (Lipinski definition) is 1. The number of rotatable bonds is 7. The van der Waals surface area contributed by atoms with E-state index in [-0.39, 0.29) is 18.0 Å². The van der Waals surface area contributed by atoms with Crippen LogP contribution in [0, 0.1) is 12.8 Å². The van der Waals surface area contributed by atoms with Gasteiger partial charge in [0.25, 0.3) is 0 Å². The third-order valence-corrected chi connectivity index (χ3v) is 5.23. The van der Waals surface area contributed by atoms with Crippen LogP contribution in [-0.2, 0) is 4.79 Å². The molecular weight excluding hydrogens is 320 g/mol. The van der Waals surface area contributed by atoms with E-state index in [9.17, 15) is 4.79 Å². The summed E-state index contributed by atoms with van der Waals surface area (Å²) in [7, 11) is 0. The van der Waals surface area contributed by atoms with Crippen molar-refractivity contribution in [2.75, 3.05) is 5.75 Å². The van der Waals surface area contributed by atoms with Gasteiger partial charge < -0.3 is 9.88 Å². The van der Waals surface area contributed by atoms with Crippen LogP contribution in [0.3, 0.4) is 0 Å². The van der Waals surface area contributed by atoms with E-state index < -0.39 is 0 Å². The van der Waals surface area contributed by atoms with Crippen LogP contribution in [0.25, 0.3) is 0 Å². The topological polar surface area (TPSA) is 59.8 Å². The molecule has 0 spiro atoms. The lowest BCUT2D eigenvalue weighted by Gasteiger charge is -2.19. The van der Waals surface area contributed by atoms with Gasteiger partial charge in [0, 0.05) is 6.04 Å². The molecule has 1 unspecified atom stereocenters. The van der Waals surface area contributed by atoms with Crippen LogP contribution >= 0.6 is 11.8 Å². The Hall–Kier alpha value is -1.82. The van der Waals surface area contributed by atoms with Crippen molar-refractivity contribution >= 4 is 17.7 Å². The molecule has 0 bridgehead atoms. The Balaban J connectivity index is 1.60. The number of aryl methyl sites for hydroxylation is 1. The normalized spacial score (nSPS) is 15.5. The van der Waals surface area contributed by atoms with Gasteiger partial charge in [-0.3, -0.25) is 4.79 Å². The van der Waals surface area contributed by atoms with Gasteiger partial charge in [-0.05, 0) is 45.1 Å². The van der Waals surface area contributed by atoms with E-state index in [1.165, 1.54) is 35.7 Å². The highest BCUT2D eigenvalue weighted by Crippen LogP contribution is 2.41. The average Bonchev–Trinajstić information content (AvgIpc) is 3.28. The number of thioether (sulfide) groups is 1. The number of aromatic nitrogens is 3. The van der Waals surface area contributed by atoms with Crippen LogP contribution in [0.1, 0.15) is 49.9 Å². The van der Waals surface area contributed by atoms with E-state index in [0.717, 1.165) is 5.16 Å². The molecule has 2 aromatic rings. The van der Waals surface area contributed by atoms with E-state index in [1.54, 1.807) is 6.33 Å². The van der Waals surface area contributed by atoms with Crippen molar-refractivity contribution in [3.8, 4) is 0 Å². The smallest absolute Gasteiger partial charge is 0.230 e. The quantitative estimate of drug-likeness (QED) is 0.781. The van der Waals surface area contributed by atoms with Crippen LogP contribution in [0.2, 0.25) is 0 Å². The molecule has 5 nitrogen and oxygen atoms in total. The Kier molecular flexibility index (Phi) is 5.23. The summed E-state index contributed by atoms with van der Waals surface area (Å²) in [6.45, 7) is 6.23. The fourth-order valence-corrected chi connectivity index (χ4v) is 3.57. The molecule has 1 aliphatic rings. The predicted molar refractivity (Wildman–Crippen MR) is 95.9 cm³/mol. The van der Waals surface area contributed by atoms with E-state index in [4.69, 9.17) is 0 Å². The first-order valence-electron chi connectivity index (χ1n) is 8.43. The molecule has 3 rings (SSSR count). The number of nitrogens with zero attached hydrogens (tertiary/aromatic N) is 3. The van der Waals surface area contributed by atoms with E-state index >= 15 is 0 Å². The zero-order valence-electron chi connectivity index (χ0n) is 14.4. The summed E-state index contributed by atoms with van der Waals surface area (Å²) >= 11 is 1.44. The van der Waals surface area contributed by atoms with Crippen LogP contribution in [-0.4, -0.2) is 26.4 Å². The number of benzene rings is 1. The highest BCUT2D eigenvalue weighted by atomic mass is 32.2. The van der Waals surface area contributed by atoms with Crippen molar-refractivity contribution in [2.45, 2.75) is 50.9 Å². The van der Waals surface area contributed by atoms with Crippen molar-refractivity contribution in [1.82, 2.24) is 20.1 Å². The molecule has 0 saturated heterocycles. The number of hydrogen-bond acceptors (Lipinski definition) is 4. The van der Waals surface area contributed by atoms with Crippen molar-refractivity contribution < 1.29 is 4.79 Å². The lowest BCUT2D eigenvalue weighted by molar-refractivity contribution is -0.119. The minimum absolute atomic E-state index is 0.0516. The Morgan fingerprint density at radius 1 is 1.33 bits per heavy atom. The number of amides is 1. The first-order chi connectivity index (χ1) is 11.5. The molecule has 1 atom stereocenters. The van der Waals surface area contributed by atoms with Crippen LogP contribution in [0.5, 0.6) is 0 Å². The molecule has 1 amide bonds. The zero-order valence-corrected chi connectivity index (χ0v) is 15.2. The highest BCUT2D eigenvalue weighted by molar-refractivity contribution is 7.99. The molecular formula is C18H24N4OS. The Morgan fingerprint density at radius 3 is 2.67 bits per heavy atom. The monoisotopic (exact) mass is 344 g/mol. The molecule has 1 aromatic carbocycles. The second kappa shape index (κ2) is 7.38. The van der Waals surface area contributed by atoms with Gasteiger partial charge in [-0.15, -0.1) is 10.2 Å². The Labute approximate surface area is 147 Å². The summed E-state index contributed by atoms with van der Waals surface area (Å²) in [4.78, 5) is 12.4. The SMILES string of the molecule is Cc1ccc(C(NC(=O)CSc2nncn2C(C)C)C2CC2)cc1. The number of carbonyl (C=O) groups excluding carboxylic acids is 1. The Morgan fingerprint density at radius 2 is 2.04 bits per heavy atom. The molecule has 24 heavy (non-hydrogen) atoms. The summed E-state index contributed by atoms with van der Waals surface area (Å²) in [5.41, 5.74) is 2.44. The molecule has 1 N–H and O–H groups in total. The zero-order chi connectivity index (χ0) is 17.1. The fraction of sp³-hybridized carbons (Fsp3) is 0.500. The maximum Gasteiger partial charge on any atom is 0.230 e. The predicted octanol–water partition coefficient (Wildman–Crippen LogP) is 3.53. The standard InChI is InChI=1S/C18H24N4OS/c1-12(2)22-11-19-21-18(22)24-10-16(23)20-17(15-8-9-15)14-6-4-13(3)5-7-14/h4-7,11-12,15,17H,8-10H2,1-3H3,(H,20,23). The van der Waals surface area contributed by atoms with Gasteiger partial charge in [0.05, 0.1) is 11.8 Å².